The molecule has 0 atom stereocenters. The number of rotatable bonds is 4. The van der Waals surface area contributed by atoms with Crippen LogP contribution in [0.5, 0.6) is 0 Å². The summed E-state index contributed by atoms with van der Waals surface area (Å²) in [6, 6.07) is 17.8. The molecule has 0 radical (unpaired) electrons. The first-order valence-electron chi connectivity index (χ1n) is 10.6. The summed E-state index contributed by atoms with van der Waals surface area (Å²) >= 11 is 5.21. The van der Waals surface area contributed by atoms with Crippen LogP contribution < -0.4 is 16.0 Å². The zero-order chi connectivity index (χ0) is 25.8. The van der Waals surface area contributed by atoms with E-state index in [4.69, 9.17) is 12.2 Å². The number of halogens is 3. The fourth-order valence-electron chi connectivity index (χ4n) is 3.17. The number of amides is 2. The van der Waals surface area contributed by atoms with E-state index in [-0.39, 0.29) is 27.7 Å². The zero-order valence-corrected chi connectivity index (χ0v) is 20.1. The summed E-state index contributed by atoms with van der Waals surface area (Å²) in [6.07, 6.45) is -4.51. The van der Waals surface area contributed by atoms with Gasteiger partial charge in [0.05, 0.1) is 5.56 Å². The first-order valence-corrected chi connectivity index (χ1v) is 11.1. The van der Waals surface area contributed by atoms with Crippen LogP contribution in [-0.2, 0) is 11.6 Å². The summed E-state index contributed by atoms with van der Waals surface area (Å²) in [7, 11) is 0. The first kappa shape index (κ1) is 25.9. The molecule has 2 amide bonds. The lowest BCUT2D eigenvalue weighted by Crippen LogP contribution is -2.34. The molecule has 35 heavy (non-hydrogen) atoms. The van der Waals surface area contributed by atoms with E-state index < -0.39 is 17.6 Å². The number of hydrogen-bond donors (Lipinski definition) is 3. The number of benzene rings is 3. The first-order chi connectivity index (χ1) is 16.3. The van der Waals surface area contributed by atoms with Crippen LogP contribution >= 0.6 is 12.2 Å². The van der Waals surface area contributed by atoms with Gasteiger partial charge in [-0.15, -0.1) is 0 Å². The van der Waals surface area contributed by atoms with E-state index in [2.05, 4.69) is 36.7 Å². The third-order valence-corrected chi connectivity index (χ3v) is 5.27. The van der Waals surface area contributed by atoms with Gasteiger partial charge in [0.1, 0.15) is 0 Å². The molecular formula is C26H24F3N3O2S. The van der Waals surface area contributed by atoms with Crippen molar-refractivity contribution in [3.63, 3.8) is 0 Å². The molecule has 9 heteroatoms. The molecule has 0 unspecified atom stereocenters. The topological polar surface area (TPSA) is 70.2 Å². The van der Waals surface area contributed by atoms with Crippen molar-refractivity contribution < 1.29 is 22.8 Å². The van der Waals surface area contributed by atoms with Crippen molar-refractivity contribution in [2.24, 2.45) is 0 Å². The van der Waals surface area contributed by atoms with Crippen molar-refractivity contribution in [3.05, 3.63) is 95.1 Å². The summed E-state index contributed by atoms with van der Waals surface area (Å²) in [5.74, 6) is -0.983. The summed E-state index contributed by atoms with van der Waals surface area (Å²) in [5, 5.41) is 7.91. The maximum Gasteiger partial charge on any atom is 0.416 e. The van der Waals surface area contributed by atoms with Crippen molar-refractivity contribution in [1.82, 2.24) is 5.32 Å². The van der Waals surface area contributed by atoms with Crippen LogP contribution in [0.1, 0.15) is 52.6 Å². The van der Waals surface area contributed by atoms with Crippen molar-refractivity contribution in [3.8, 4) is 0 Å². The Balaban J connectivity index is 1.63. The summed E-state index contributed by atoms with van der Waals surface area (Å²) in [5.41, 5.74) is 1.27. The molecule has 0 aliphatic heterocycles. The van der Waals surface area contributed by atoms with E-state index in [1.807, 2.05) is 12.1 Å². The number of nitrogens with one attached hydrogen (secondary N) is 3. The van der Waals surface area contributed by atoms with Crippen molar-refractivity contribution >= 4 is 40.5 Å². The highest BCUT2D eigenvalue weighted by atomic mass is 32.1. The van der Waals surface area contributed by atoms with E-state index in [0.29, 0.717) is 11.3 Å². The molecule has 3 rings (SSSR count). The number of anilines is 2. The van der Waals surface area contributed by atoms with Crippen LogP contribution in [0.15, 0.2) is 72.8 Å². The summed E-state index contributed by atoms with van der Waals surface area (Å²) < 4.78 is 38.7. The second-order valence-electron chi connectivity index (χ2n) is 8.85. The van der Waals surface area contributed by atoms with Gasteiger partial charge in [0.2, 0.25) is 0 Å². The Hall–Kier alpha value is -3.72. The summed E-state index contributed by atoms with van der Waals surface area (Å²) in [4.78, 5) is 25.1. The third-order valence-electron chi connectivity index (χ3n) is 5.07. The minimum Gasteiger partial charge on any atom is -0.332 e. The molecule has 0 fully saturated rings. The number of carbonyl (C=O) groups is 2. The molecule has 3 N–H and O–H groups in total. The van der Waals surface area contributed by atoms with Crippen molar-refractivity contribution in [1.29, 1.82) is 0 Å². The average molecular weight is 500 g/mol. The standard InChI is InChI=1S/C26H24F3N3O2S/c1-25(2,3)18-12-10-16(11-13-18)22(33)32-24(35)31-20-8-4-6-17(14-20)23(34)30-21-9-5-7-19(15-21)26(27,28)29/h4-15H,1-3H3,(H,30,34)(H2,31,32,33,35). The molecular weight excluding hydrogens is 475 g/mol. The fourth-order valence-corrected chi connectivity index (χ4v) is 3.38. The molecule has 0 saturated carbocycles. The van der Waals surface area contributed by atoms with Crippen LogP contribution in [0.25, 0.3) is 0 Å². The lowest BCUT2D eigenvalue weighted by molar-refractivity contribution is -0.137. The molecule has 0 heterocycles. The van der Waals surface area contributed by atoms with E-state index in [1.54, 1.807) is 24.3 Å². The van der Waals surface area contributed by atoms with Gasteiger partial charge < -0.3 is 10.6 Å². The SMILES string of the molecule is CC(C)(C)c1ccc(C(=O)NC(=S)Nc2cccc(C(=O)Nc3cccc(C(F)(F)F)c3)c2)cc1. The Kier molecular flexibility index (Phi) is 7.60. The van der Waals surface area contributed by atoms with Gasteiger partial charge in [-0.3, -0.25) is 14.9 Å². The van der Waals surface area contributed by atoms with E-state index in [1.165, 1.54) is 24.3 Å². The Morgan fingerprint density at radius 2 is 1.31 bits per heavy atom. The maximum absolute atomic E-state index is 12.9. The second kappa shape index (κ2) is 10.3. The van der Waals surface area contributed by atoms with E-state index in [0.717, 1.165) is 17.7 Å². The van der Waals surface area contributed by atoms with Gasteiger partial charge in [-0.25, -0.2) is 0 Å². The van der Waals surface area contributed by atoms with Gasteiger partial charge in [-0.2, -0.15) is 13.2 Å². The molecule has 0 spiro atoms. The Bertz CT molecular complexity index is 1250. The van der Waals surface area contributed by atoms with Crippen LogP contribution in [0.3, 0.4) is 0 Å². The van der Waals surface area contributed by atoms with E-state index >= 15 is 0 Å². The molecule has 0 aromatic heterocycles. The lowest BCUT2D eigenvalue weighted by Gasteiger charge is -2.19. The zero-order valence-electron chi connectivity index (χ0n) is 19.3. The number of thiocarbonyl (C=S) groups is 1. The molecule has 0 bridgehead atoms. The fraction of sp³-hybridized carbons (Fsp3) is 0.192. The monoisotopic (exact) mass is 499 g/mol. The Morgan fingerprint density at radius 1 is 0.714 bits per heavy atom. The highest BCUT2D eigenvalue weighted by Gasteiger charge is 2.30. The normalized spacial score (nSPS) is 11.5. The van der Waals surface area contributed by atoms with Crippen LogP contribution in [0.4, 0.5) is 24.5 Å². The predicted octanol–water partition coefficient (Wildman–Crippen LogP) is 6.38. The highest BCUT2D eigenvalue weighted by Crippen LogP contribution is 2.30. The second-order valence-corrected chi connectivity index (χ2v) is 9.26. The average Bonchev–Trinajstić information content (AvgIpc) is 2.78. The Labute approximate surface area is 206 Å². The van der Waals surface area contributed by atoms with Gasteiger partial charge in [0.25, 0.3) is 11.8 Å². The van der Waals surface area contributed by atoms with Gasteiger partial charge in [-0.05, 0) is 71.7 Å². The van der Waals surface area contributed by atoms with Crippen LogP contribution in [-0.4, -0.2) is 16.9 Å². The molecule has 3 aromatic rings. The molecule has 0 saturated heterocycles. The van der Waals surface area contributed by atoms with Gasteiger partial charge >= 0.3 is 6.18 Å². The van der Waals surface area contributed by atoms with Gasteiger partial charge in [-0.1, -0.05) is 45.0 Å². The van der Waals surface area contributed by atoms with Crippen molar-refractivity contribution in [2.45, 2.75) is 32.4 Å². The minimum atomic E-state index is -4.51. The van der Waals surface area contributed by atoms with E-state index in [9.17, 15) is 22.8 Å². The summed E-state index contributed by atoms with van der Waals surface area (Å²) in [6.45, 7) is 6.24. The number of alkyl halides is 3. The quantitative estimate of drug-likeness (QED) is 0.364. The van der Waals surface area contributed by atoms with Crippen molar-refractivity contribution in [2.75, 3.05) is 10.6 Å². The van der Waals surface area contributed by atoms with Crippen LogP contribution in [0.2, 0.25) is 0 Å². The molecule has 5 nitrogen and oxygen atoms in total. The minimum absolute atomic E-state index is 0.0171. The molecule has 3 aromatic carbocycles. The van der Waals surface area contributed by atoms with Gasteiger partial charge in [0.15, 0.2) is 5.11 Å². The molecule has 0 aliphatic rings. The predicted molar refractivity (Wildman–Crippen MR) is 135 cm³/mol. The maximum atomic E-state index is 12.9. The highest BCUT2D eigenvalue weighted by molar-refractivity contribution is 7.80. The number of hydrogen-bond acceptors (Lipinski definition) is 3. The third kappa shape index (κ3) is 7.13. The Morgan fingerprint density at radius 3 is 1.91 bits per heavy atom. The van der Waals surface area contributed by atoms with Crippen LogP contribution in [0, 0.1) is 0 Å². The smallest absolute Gasteiger partial charge is 0.332 e. The molecule has 0 aliphatic carbocycles. The number of carbonyl (C=O) groups excluding carboxylic acids is 2. The molecule has 182 valence electrons. The van der Waals surface area contributed by atoms with Gasteiger partial charge in [0, 0.05) is 22.5 Å². The largest absolute Gasteiger partial charge is 0.416 e. The lowest BCUT2D eigenvalue weighted by atomic mass is 9.87.